The van der Waals surface area contributed by atoms with Gasteiger partial charge in [-0.3, -0.25) is 4.79 Å². The number of amides is 1. The van der Waals surface area contributed by atoms with Gasteiger partial charge < -0.3 is 13.9 Å². The SMILES string of the molecule is CN(Cc1ccccc1)C(=O)CSc1nnc(-c2cc3ccccc3n2C)o1. The number of carbonyl (C=O) groups excluding carboxylic acids is 1. The molecule has 0 radical (unpaired) electrons. The lowest BCUT2D eigenvalue weighted by molar-refractivity contribution is -0.127. The monoisotopic (exact) mass is 392 g/mol. The predicted octanol–water partition coefficient (Wildman–Crippen LogP) is 3.98. The second-order valence-corrected chi connectivity index (χ2v) is 7.47. The van der Waals surface area contributed by atoms with Gasteiger partial charge in [-0.15, -0.1) is 10.2 Å². The Morgan fingerprint density at radius 2 is 1.86 bits per heavy atom. The summed E-state index contributed by atoms with van der Waals surface area (Å²) in [6.45, 7) is 0.575. The number of hydrogen-bond acceptors (Lipinski definition) is 5. The molecule has 0 aliphatic heterocycles. The smallest absolute Gasteiger partial charge is 0.277 e. The summed E-state index contributed by atoms with van der Waals surface area (Å²) in [6.07, 6.45) is 0. The zero-order chi connectivity index (χ0) is 19.5. The van der Waals surface area contributed by atoms with E-state index in [9.17, 15) is 4.79 Å². The highest BCUT2D eigenvalue weighted by Gasteiger charge is 2.16. The Morgan fingerprint density at radius 1 is 1.11 bits per heavy atom. The van der Waals surface area contributed by atoms with Crippen LogP contribution in [0.4, 0.5) is 0 Å². The van der Waals surface area contributed by atoms with Crippen molar-refractivity contribution >= 4 is 28.6 Å². The van der Waals surface area contributed by atoms with Gasteiger partial charge in [0.1, 0.15) is 5.69 Å². The maximum Gasteiger partial charge on any atom is 0.277 e. The summed E-state index contributed by atoms with van der Waals surface area (Å²) in [4.78, 5) is 14.1. The lowest BCUT2D eigenvalue weighted by Gasteiger charge is -2.16. The third kappa shape index (κ3) is 3.80. The third-order valence-corrected chi connectivity index (χ3v) is 5.39. The van der Waals surface area contributed by atoms with Crippen molar-refractivity contribution in [1.82, 2.24) is 19.7 Å². The van der Waals surface area contributed by atoms with Crippen LogP contribution in [0.25, 0.3) is 22.5 Å². The molecule has 0 spiro atoms. The van der Waals surface area contributed by atoms with E-state index in [1.807, 2.05) is 72.3 Å². The normalized spacial score (nSPS) is 11.1. The second kappa shape index (κ2) is 7.90. The average Bonchev–Trinajstić information content (AvgIpc) is 3.31. The number of nitrogens with zero attached hydrogens (tertiary/aromatic N) is 4. The first-order valence-electron chi connectivity index (χ1n) is 8.91. The number of carbonyl (C=O) groups is 1. The molecule has 0 fully saturated rings. The molecule has 0 saturated heterocycles. The Morgan fingerprint density at radius 3 is 2.64 bits per heavy atom. The number of fused-ring (bicyclic) bond motifs is 1. The molecule has 0 N–H and O–H groups in total. The van der Waals surface area contributed by atoms with E-state index in [4.69, 9.17) is 4.42 Å². The molecule has 142 valence electrons. The van der Waals surface area contributed by atoms with Crippen molar-refractivity contribution in [1.29, 1.82) is 0 Å². The fourth-order valence-corrected chi connectivity index (χ4v) is 3.75. The Labute approximate surface area is 167 Å². The van der Waals surface area contributed by atoms with Gasteiger partial charge in [-0.1, -0.05) is 60.3 Å². The minimum absolute atomic E-state index is 0.0122. The minimum atomic E-state index is 0.0122. The van der Waals surface area contributed by atoms with Gasteiger partial charge in [0, 0.05) is 31.5 Å². The number of rotatable bonds is 6. The lowest BCUT2D eigenvalue weighted by atomic mass is 10.2. The van der Waals surface area contributed by atoms with E-state index < -0.39 is 0 Å². The second-order valence-electron chi connectivity index (χ2n) is 6.54. The first kappa shape index (κ1) is 18.3. The summed E-state index contributed by atoms with van der Waals surface area (Å²) in [5, 5.41) is 9.74. The van der Waals surface area contributed by atoms with Crippen molar-refractivity contribution in [2.24, 2.45) is 7.05 Å². The van der Waals surface area contributed by atoms with Crippen molar-refractivity contribution in [2.45, 2.75) is 11.8 Å². The highest BCUT2D eigenvalue weighted by Crippen LogP contribution is 2.28. The highest BCUT2D eigenvalue weighted by molar-refractivity contribution is 7.99. The summed E-state index contributed by atoms with van der Waals surface area (Å²) >= 11 is 1.25. The van der Waals surface area contributed by atoms with Crippen LogP contribution in [0.2, 0.25) is 0 Å². The molecule has 28 heavy (non-hydrogen) atoms. The van der Waals surface area contributed by atoms with Gasteiger partial charge in [0.2, 0.25) is 5.91 Å². The molecule has 6 nitrogen and oxygen atoms in total. The van der Waals surface area contributed by atoms with Crippen LogP contribution in [0, 0.1) is 0 Å². The Balaban J connectivity index is 1.40. The summed E-state index contributed by atoms with van der Waals surface area (Å²) in [5.74, 6) is 0.713. The Hall–Kier alpha value is -3.06. The summed E-state index contributed by atoms with van der Waals surface area (Å²) in [5.41, 5.74) is 3.05. The average molecular weight is 392 g/mol. The topological polar surface area (TPSA) is 64.2 Å². The van der Waals surface area contributed by atoms with E-state index in [0.717, 1.165) is 22.2 Å². The maximum absolute atomic E-state index is 12.4. The predicted molar refractivity (Wildman–Crippen MR) is 110 cm³/mol. The number of hydrogen-bond donors (Lipinski definition) is 0. The number of aryl methyl sites for hydroxylation is 1. The first-order valence-corrected chi connectivity index (χ1v) is 9.89. The van der Waals surface area contributed by atoms with E-state index in [2.05, 4.69) is 10.2 Å². The van der Waals surface area contributed by atoms with E-state index in [-0.39, 0.29) is 11.7 Å². The molecule has 0 aliphatic carbocycles. The van der Waals surface area contributed by atoms with Crippen molar-refractivity contribution in [3.05, 3.63) is 66.2 Å². The van der Waals surface area contributed by atoms with Crippen LogP contribution in [0.3, 0.4) is 0 Å². The molecule has 2 aromatic heterocycles. The molecule has 0 saturated carbocycles. The molecule has 0 bridgehead atoms. The third-order valence-electron chi connectivity index (χ3n) is 4.58. The molecule has 1 amide bonds. The number of aromatic nitrogens is 3. The van der Waals surface area contributed by atoms with Crippen LogP contribution in [0.1, 0.15) is 5.56 Å². The van der Waals surface area contributed by atoms with Crippen molar-refractivity contribution in [2.75, 3.05) is 12.8 Å². The lowest BCUT2D eigenvalue weighted by Crippen LogP contribution is -2.27. The quantitative estimate of drug-likeness (QED) is 0.465. The van der Waals surface area contributed by atoms with E-state index in [1.165, 1.54) is 11.8 Å². The maximum atomic E-state index is 12.4. The van der Waals surface area contributed by atoms with E-state index in [0.29, 0.717) is 17.7 Å². The Kier molecular flexibility index (Phi) is 5.16. The number of para-hydroxylation sites is 1. The highest BCUT2D eigenvalue weighted by atomic mass is 32.2. The Bertz CT molecular complexity index is 1100. The zero-order valence-corrected chi connectivity index (χ0v) is 16.5. The van der Waals surface area contributed by atoms with Gasteiger partial charge >= 0.3 is 0 Å². The molecule has 2 aromatic carbocycles. The molecule has 4 aromatic rings. The summed E-state index contributed by atoms with van der Waals surface area (Å²) in [7, 11) is 3.77. The van der Waals surface area contributed by atoms with Crippen LogP contribution >= 0.6 is 11.8 Å². The fourth-order valence-electron chi connectivity index (χ4n) is 3.04. The first-order chi connectivity index (χ1) is 13.6. The van der Waals surface area contributed by atoms with Crippen molar-refractivity contribution in [3.8, 4) is 11.6 Å². The van der Waals surface area contributed by atoms with Crippen molar-refractivity contribution in [3.63, 3.8) is 0 Å². The summed E-state index contributed by atoms with van der Waals surface area (Å²) in [6, 6.07) is 20.0. The van der Waals surface area contributed by atoms with Gasteiger partial charge in [0.15, 0.2) is 0 Å². The molecule has 2 heterocycles. The molecule has 0 unspecified atom stereocenters. The van der Waals surface area contributed by atoms with Crippen LogP contribution in [0.15, 0.2) is 70.3 Å². The van der Waals surface area contributed by atoms with E-state index >= 15 is 0 Å². The molecular formula is C21H20N4O2S. The molecule has 4 rings (SSSR count). The van der Waals surface area contributed by atoms with Crippen LogP contribution < -0.4 is 0 Å². The van der Waals surface area contributed by atoms with Crippen LogP contribution in [-0.2, 0) is 18.4 Å². The van der Waals surface area contributed by atoms with Gasteiger partial charge in [-0.2, -0.15) is 0 Å². The van der Waals surface area contributed by atoms with Gasteiger partial charge in [0.05, 0.1) is 5.75 Å². The number of benzene rings is 2. The minimum Gasteiger partial charge on any atom is -0.410 e. The summed E-state index contributed by atoms with van der Waals surface area (Å²) < 4.78 is 7.80. The van der Waals surface area contributed by atoms with Gasteiger partial charge in [-0.25, -0.2) is 0 Å². The number of thioether (sulfide) groups is 1. The molecular weight excluding hydrogens is 372 g/mol. The largest absolute Gasteiger partial charge is 0.410 e. The molecule has 0 aliphatic rings. The van der Waals surface area contributed by atoms with Gasteiger partial charge in [-0.05, 0) is 17.7 Å². The molecule has 0 atom stereocenters. The van der Waals surface area contributed by atoms with Crippen molar-refractivity contribution < 1.29 is 9.21 Å². The van der Waals surface area contributed by atoms with Crippen LogP contribution in [-0.4, -0.2) is 38.4 Å². The molecule has 7 heteroatoms. The van der Waals surface area contributed by atoms with E-state index in [1.54, 1.807) is 11.9 Å². The van der Waals surface area contributed by atoms with Crippen LogP contribution in [0.5, 0.6) is 0 Å². The fraction of sp³-hybridized carbons (Fsp3) is 0.190. The van der Waals surface area contributed by atoms with Gasteiger partial charge in [0.25, 0.3) is 11.1 Å². The zero-order valence-electron chi connectivity index (χ0n) is 15.7. The standard InChI is InChI=1S/C21H20N4O2S/c1-24(13-15-8-4-3-5-9-15)19(26)14-28-21-23-22-20(27-21)18-12-16-10-6-7-11-17(16)25(18)2/h3-12H,13-14H2,1-2H3.